The van der Waals surface area contributed by atoms with Gasteiger partial charge in [-0.2, -0.15) is 26.9 Å². The van der Waals surface area contributed by atoms with Gasteiger partial charge in [-0.15, -0.1) is 0 Å². The van der Waals surface area contributed by atoms with Crippen molar-refractivity contribution in [3.63, 3.8) is 0 Å². The minimum absolute atomic E-state index is 0.0274. The summed E-state index contributed by atoms with van der Waals surface area (Å²) >= 11 is 0. The molecular formula is C28H26N4O10S2. The molecule has 3 N–H and O–H groups in total. The van der Waals surface area contributed by atoms with Gasteiger partial charge in [0, 0.05) is 5.69 Å². The lowest BCUT2D eigenvalue weighted by molar-refractivity contribution is -0.135. The zero-order valence-corrected chi connectivity index (χ0v) is 24.9. The number of hydrazone groups is 1. The minimum Gasteiger partial charge on any atom is -0.461 e. The monoisotopic (exact) mass is 642 g/mol. The molecule has 2 aromatic carbocycles. The summed E-state index contributed by atoms with van der Waals surface area (Å²) in [7, 11) is -8.84. The lowest BCUT2D eigenvalue weighted by Crippen LogP contribution is -2.22. The molecule has 2 heterocycles. The molecule has 0 radical (unpaired) electrons. The Kier molecular flexibility index (Phi) is 9.29. The molecule has 0 unspecified atom stereocenters. The molecule has 0 saturated heterocycles. The van der Waals surface area contributed by atoms with Crippen LogP contribution in [0.25, 0.3) is 11.8 Å². The molecule has 44 heavy (non-hydrogen) atoms. The standard InChI is InChI=1S/C28H26N4O10S2/c1-3-24-22(26(33)31(29-24)18-10-14-20(15-11-18)43(36,37)38)8-6-5-7-9-23-25(28(35)42-4-2)30-32(27(23)34)19-12-16-21(17-13-19)44(39,40)41/h5-17,29H,3-4H2,1-2H3,(H,36,37,38)(H,39,40,41). The van der Waals surface area contributed by atoms with Gasteiger partial charge in [0.25, 0.3) is 31.7 Å². The molecule has 0 saturated carbocycles. The van der Waals surface area contributed by atoms with Crippen LogP contribution >= 0.6 is 0 Å². The summed E-state index contributed by atoms with van der Waals surface area (Å²) in [5.74, 6) is -1.54. The van der Waals surface area contributed by atoms with Gasteiger partial charge >= 0.3 is 5.97 Å². The second-order valence-corrected chi connectivity index (χ2v) is 11.9. The second-order valence-electron chi connectivity index (χ2n) is 9.05. The lowest BCUT2D eigenvalue weighted by atomic mass is 10.1. The maximum Gasteiger partial charge on any atom is 0.359 e. The lowest BCUT2D eigenvalue weighted by Gasteiger charge is -2.11. The van der Waals surface area contributed by atoms with Crippen LogP contribution in [-0.4, -0.2) is 59.9 Å². The van der Waals surface area contributed by atoms with E-state index in [1.54, 1.807) is 13.0 Å². The molecule has 0 atom stereocenters. The Balaban J connectivity index is 1.59. The van der Waals surface area contributed by atoms with Crippen molar-refractivity contribution in [3.8, 4) is 5.69 Å². The van der Waals surface area contributed by atoms with Gasteiger partial charge in [0.1, 0.15) is 0 Å². The van der Waals surface area contributed by atoms with Gasteiger partial charge < -0.3 is 4.74 Å². The topological polar surface area (TPSA) is 205 Å². The van der Waals surface area contributed by atoms with Crippen LogP contribution in [0.1, 0.15) is 25.1 Å². The number of nitrogens with one attached hydrogen (secondary N) is 1. The number of amides is 1. The number of carbonyl (C=O) groups excluding carboxylic acids is 2. The third kappa shape index (κ3) is 6.84. The zero-order chi connectivity index (χ0) is 32.2. The van der Waals surface area contributed by atoms with Crippen LogP contribution in [0.5, 0.6) is 0 Å². The predicted octanol–water partition coefficient (Wildman–Crippen LogP) is 2.68. The Labute approximate surface area is 251 Å². The van der Waals surface area contributed by atoms with Gasteiger partial charge in [0.2, 0.25) is 0 Å². The quantitative estimate of drug-likeness (QED) is 0.128. The van der Waals surface area contributed by atoms with Crippen LogP contribution in [0.4, 0.5) is 5.69 Å². The molecule has 230 valence electrons. The van der Waals surface area contributed by atoms with E-state index in [0.29, 0.717) is 23.4 Å². The summed E-state index contributed by atoms with van der Waals surface area (Å²) in [6.07, 6.45) is 7.85. The van der Waals surface area contributed by atoms with Gasteiger partial charge in [-0.1, -0.05) is 25.2 Å². The smallest absolute Gasteiger partial charge is 0.359 e. The first-order valence-electron chi connectivity index (χ1n) is 12.9. The van der Waals surface area contributed by atoms with Crippen LogP contribution in [0.2, 0.25) is 0 Å². The van der Waals surface area contributed by atoms with Crippen molar-refractivity contribution in [2.24, 2.45) is 5.10 Å². The highest BCUT2D eigenvalue weighted by atomic mass is 32.2. The van der Waals surface area contributed by atoms with E-state index in [9.17, 15) is 40.3 Å². The fourth-order valence-electron chi connectivity index (χ4n) is 4.10. The second kappa shape index (κ2) is 12.8. The molecular weight excluding hydrogens is 616 g/mol. The number of esters is 1. The van der Waals surface area contributed by atoms with Crippen LogP contribution in [0.15, 0.2) is 98.1 Å². The number of hydrogen-bond acceptors (Lipinski definition) is 9. The zero-order valence-electron chi connectivity index (χ0n) is 23.2. The van der Waals surface area contributed by atoms with Crippen LogP contribution in [0, 0.1) is 0 Å². The first-order chi connectivity index (χ1) is 20.8. The summed E-state index contributed by atoms with van der Waals surface area (Å²) in [5.41, 5.74) is 0.622. The van der Waals surface area contributed by atoms with Crippen molar-refractivity contribution in [3.05, 3.63) is 100 Å². The molecule has 14 nitrogen and oxygen atoms in total. The molecule has 3 aromatic rings. The molecule has 0 bridgehead atoms. The Bertz CT molecular complexity index is 2000. The maximum atomic E-state index is 13.2. The fourth-order valence-corrected chi connectivity index (χ4v) is 5.06. The molecule has 1 aliphatic heterocycles. The SMILES string of the molecule is CCOC(=O)C1=NN(c2ccc(S(=O)(=O)O)cc2)C(=O)C1=CC=CC=Cc1c(CC)[nH]n(-c2ccc(S(=O)(=O)O)cc2)c1=O. The normalized spacial score (nSPS) is 15.1. The van der Waals surface area contributed by atoms with Crippen molar-refractivity contribution in [2.45, 2.75) is 30.1 Å². The number of allylic oxidation sites excluding steroid dienone is 4. The van der Waals surface area contributed by atoms with E-state index in [0.717, 1.165) is 17.1 Å². The number of aromatic nitrogens is 2. The Morgan fingerprint density at radius 2 is 1.45 bits per heavy atom. The fraction of sp³-hybridized carbons (Fsp3) is 0.143. The van der Waals surface area contributed by atoms with Crippen LogP contribution in [0.3, 0.4) is 0 Å². The van der Waals surface area contributed by atoms with E-state index in [-0.39, 0.29) is 33.4 Å². The highest BCUT2D eigenvalue weighted by molar-refractivity contribution is 7.86. The van der Waals surface area contributed by atoms with Crippen molar-refractivity contribution in [1.29, 1.82) is 0 Å². The average Bonchev–Trinajstić information content (AvgIpc) is 3.48. The summed E-state index contributed by atoms with van der Waals surface area (Å²) in [6, 6.07) is 9.72. The molecule has 0 aliphatic carbocycles. The summed E-state index contributed by atoms with van der Waals surface area (Å²) < 4.78 is 69.9. The minimum atomic E-state index is -4.45. The number of H-pyrrole nitrogens is 1. The Morgan fingerprint density at radius 1 is 0.886 bits per heavy atom. The first kappa shape index (κ1) is 32.0. The van der Waals surface area contributed by atoms with E-state index in [2.05, 4.69) is 10.2 Å². The van der Waals surface area contributed by atoms with Gasteiger partial charge in [0.15, 0.2) is 5.71 Å². The van der Waals surface area contributed by atoms with E-state index in [1.165, 1.54) is 65.4 Å². The number of ether oxygens (including phenoxy) is 1. The number of aromatic amines is 1. The van der Waals surface area contributed by atoms with Crippen molar-refractivity contribution >= 4 is 49.6 Å². The van der Waals surface area contributed by atoms with Crippen molar-refractivity contribution < 1.29 is 40.3 Å². The average molecular weight is 643 g/mol. The number of carbonyl (C=O) groups is 2. The Hall–Kier alpha value is -4.90. The molecule has 16 heteroatoms. The predicted molar refractivity (Wildman–Crippen MR) is 160 cm³/mol. The van der Waals surface area contributed by atoms with Crippen LogP contribution in [-0.2, 0) is 41.0 Å². The number of nitrogens with zero attached hydrogens (tertiary/aromatic N) is 3. The third-order valence-electron chi connectivity index (χ3n) is 6.23. The molecule has 1 amide bonds. The number of aryl methyl sites for hydroxylation is 1. The van der Waals surface area contributed by atoms with Crippen LogP contribution < -0.4 is 10.6 Å². The number of anilines is 1. The molecule has 1 aliphatic rings. The van der Waals surface area contributed by atoms with Crippen molar-refractivity contribution in [2.75, 3.05) is 11.6 Å². The molecule has 4 rings (SSSR count). The Morgan fingerprint density at radius 3 is 1.98 bits per heavy atom. The third-order valence-corrected chi connectivity index (χ3v) is 7.96. The summed E-state index contributed by atoms with van der Waals surface area (Å²) in [6.45, 7) is 3.45. The van der Waals surface area contributed by atoms with E-state index < -0.39 is 37.7 Å². The number of benzene rings is 2. The first-order valence-corrected chi connectivity index (χ1v) is 15.8. The molecule has 0 spiro atoms. The van der Waals surface area contributed by atoms with Gasteiger partial charge in [-0.25, -0.2) is 9.48 Å². The molecule has 1 aromatic heterocycles. The number of rotatable bonds is 10. The maximum absolute atomic E-state index is 13.2. The largest absolute Gasteiger partial charge is 0.461 e. The van der Waals surface area contributed by atoms with E-state index in [1.807, 2.05) is 6.92 Å². The highest BCUT2D eigenvalue weighted by Crippen LogP contribution is 2.26. The van der Waals surface area contributed by atoms with E-state index in [4.69, 9.17) is 4.74 Å². The van der Waals surface area contributed by atoms with Gasteiger partial charge in [0.05, 0.1) is 38.9 Å². The highest BCUT2D eigenvalue weighted by Gasteiger charge is 2.35. The summed E-state index contributed by atoms with van der Waals surface area (Å²) in [4.78, 5) is 38.1. The number of hydrogen-bond donors (Lipinski definition) is 3. The van der Waals surface area contributed by atoms with Gasteiger partial charge in [-0.3, -0.25) is 23.8 Å². The molecule has 0 fully saturated rings. The summed E-state index contributed by atoms with van der Waals surface area (Å²) in [5, 5.41) is 7.93. The van der Waals surface area contributed by atoms with Gasteiger partial charge in [-0.05, 0) is 74.0 Å². The van der Waals surface area contributed by atoms with Crippen molar-refractivity contribution in [1.82, 2.24) is 9.78 Å². The van der Waals surface area contributed by atoms with E-state index >= 15 is 0 Å².